The number of aryl methyl sites for hydroxylation is 2. The Morgan fingerprint density at radius 1 is 1.50 bits per heavy atom. The van der Waals surface area contributed by atoms with Crippen LogP contribution in [0.5, 0.6) is 0 Å². The van der Waals surface area contributed by atoms with Crippen LogP contribution < -0.4 is 0 Å². The molecule has 0 saturated carbocycles. The maximum Gasteiger partial charge on any atom is 0.303 e. The third-order valence-electron chi connectivity index (χ3n) is 3.87. The van der Waals surface area contributed by atoms with Crippen LogP contribution in [0.2, 0.25) is 0 Å². The molecular formula is C16H20N2O2. The lowest BCUT2D eigenvalue weighted by Crippen LogP contribution is -2.06. The first kappa shape index (κ1) is 13.2. The third kappa shape index (κ3) is 2.30. The van der Waals surface area contributed by atoms with E-state index in [1.165, 1.54) is 30.8 Å². The number of rotatable bonds is 4. The van der Waals surface area contributed by atoms with E-state index in [-0.39, 0.29) is 12.1 Å². The summed E-state index contributed by atoms with van der Waals surface area (Å²) in [6.07, 6.45) is 4.18. The number of unbranched alkanes of at least 4 members (excludes halogenated alkanes) is 1. The summed E-state index contributed by atoms with van der Waals surface area (Å²) >= 11 is 0. The van der Waals surface area contributed by atoms with Crippen molar-refractivity contribution in [3.63, 3.8) is 0 Å². The van der Waals surface area contributed by atoms with Gasteiger partial charge in [-0.25, -0.2) is 4.98 Å². The minimum atomic E-state index is -0.237. The number of esters is 1. The molecule has 1 aromatic heterocycles. The van der Waals surface area contributed by atoms with E-state index in [1.807, 2.05) is 0 Å². The number of imidazole rings is 1. The van der Waals surface area contributed by atoms with Crippen LogP contribution in [0.3, 0.4) is 0 Å². The van der Waals surface area contributed by atoms with Gasteiger partial charge in [-0.3, -0.25) is 4.79 Å². The fourth-order valence-corrected chi connectivity index (χ4v) is 2.89. The van der Waals surface area contributed by atoms with E-state index in [9.17, 15) is 4.79 Å². The zero-order chi connectivity index (χ0) is 14.1. The van der Waals surface area contributed by atoms with Crippen molar-refractivity contribution in [2.75, 3.05) is 0 Å². The number of carbonyl (C=O) groups is 1. The van der Waals surface area contributed by atoms with Gasteiger partial charge in [0.25, 0.3) is 0 Å². The summed E-state index contributed by atoms with van der Waals surface area (Å²) in [6, 6.07) is 6.47. The van der Waals surface area contributed by atoms with Crippen molar-refractivity contribution < 1.29 is 9.53 Å². The zero-order valence-electron chi connectivity index (χ0n) is 12.1. The molecule has 1 atom stereocenters. The first-order valence-corrected chi connectivity index (χ1v) is 7.35. The van der Waals surface area contributed by atoms with Gasteiger partial charge in [0.2, 0.25) is 0 Å². The van der Waals surface area contributed by atoms with Crippen molar-refractivity contribution in [2.45, 2.75) is 52.2 Å². The normalized spacial score (nSPS) is 17.4. The molecule has 106 valence electrons. The van der Waals surface area contributed by atoms with Crippen LogP contribution >= 0.6 is 0 Å². The summed E-state index contributed by atoms with van der Waals surface area (Å²) in [5.74, 6) is 0.655. The Morgan fingerprint density at radius 3 is 3.10 bits per heavy atom. The Hall–Kier alpha value is -1.84. The predicted octanol–water partition coefficient (Wildman–Crippen LogP) is 3.39. The zero-order valence-corrected chi connectivity index (χ0v) is 12.1. The Bertz CT molecular complexity index is 645. The van der Waals surface area contributed by atoms with Gasteiger partial charge in [0.05, 0.1) is 11.0 Å². The highest BCUT2D eigenvalue weighted by Crippen LogP contribution is 2.32. The van der Waals surface area contributed by atoms with Crippen LogP contribution in [0.1, 0.15) is 50.6 Å². The third-order valence-corrected chi connectivity index (χ3v) is 3.87. The molecule has 1 unspecified atom stereocenters. The summed E-state index contributed by atoms with van der Waals surface area (Å²) in [5.41, 5.74) is 3.53. The monoisotopic (exact) mass is 272 g/mol. The minimum Gasteiger partial charge on any atom is -0.454 e. The number of aromatic nitrogens is 2. The van der Waals surface area contributed by atoms with Crippen molar-refractivity contribution in [3.05, 3.63) is 29.6 Å². The fourth-order valence-electron chi connectivity index (χ4n) is 2.89. The molecule has 2 aromatic rings. The van der Waals surface area contributed by atoms with Crippen LogP contribution in [0.4, 0.5) is 0 Å². The summed E-state index contributed by atoms with van der Waals surface area (Å²) < 4.78 is 7.53. The molecule has 4 heteroatoms. The van der Waals surface area contributed by atoms with E-state index in [0.29, 0.717) is 0 Å². The molecular weight excluding hydrogens is 252 g/mol. The average molecular weight is 272 g/mol. The predicted molar refractivity (Wildman–Crippen MR) is 77.5 cm³/mol. The average Bonchev–Trinajstić information content (AvgIpc) is 2.96. The second-order valence-corrected chi connectivity index (χ2v) is 5.44. The highest BCUT2D eigenvalue weighted by molar-refractivity contribution is 5.77. The quantitative estimate of drug-likeness (QED) is 0.801. The fraction of sp³-hybridized carbons (Fsp3) is 0.500. The van der Waals surface area contributed by atoms with E-state index < -0.39 is 0 Å². The van der Waals surface area contributed by atoms with Crippen LogP contribution in [0.15, 0.2) is 18.2 Å². The first-order valence-electron chi connectivity index (χ1n) is 7.35. The minimum absolute atomic E-state index is 0.181. The van der Waals surface area contributed by atoms with Crippen molar-refractivity contribution in [2.24, 2.45) is 0 Å². The van der Waals surface area contributed by atoms with Crippen LogP contribution in [0.25, 0.3) is 11.0 Å². The molecule has 1 aliphatic rings. The SMILES string of the molecule is CCCCc1ccc2nc3n(c2c1)CCC3OC(C)=O. The molecule has 3 rings (SSSR count). The second-order valence-electron chi connectivity index (χ2n) is 5.44. The molecule has 1 aromatic carbocycles. The van der Waals surface area contributed by atoms with Gasteiger partial charge < -0.3 is 9.30 Å². The molecule has 0 spiro atoms. The number of hydrogen-bond acceptors (Lipinski definition) is 3. The molecule has 0 saturated heterocycles. The molecule has 4 nitrogen and oxygen atoms in total. The molecule has 0 amide bonds. The smallest absolute Gasteiger partial charge is 0.303 e. The summed E-state index contributed by atoms with van der Waals surface area (Å²) in [5, 5.41) is 0. The van der Waals surface area contributed by atoms with E-state index in [0.717, 1.165) is 30.7 Å². The van der Waals surface area contributed by atoms with E-state index >= 15 is 0 Å². The highest BCUT2D eigenvalue weighted by atomic mass is 16.5. The number of fused-ring (bicyclic) bond motifs is 3. The lowest BCUT2D eigenvalue weighted by Gasteiger charge is -2.07. The van der Waals surface area contributed by atoms with E-state index in [1.54, 1.807) is 0 Å². The van der Waals surface area contributed by atoms with Gasteiger partial charge in [0.1, 0.15) is 0 Å². The molecule has 0 fully saturated rings. The van der Waals surface area contributed by atoms with Crippen molar-refractivity contribution in [1.29, 1.82) is 0 Å². The van der Waals surface area contributed by atoms with Gasteiger partial charge in [0, 0.05) is 19.9 Å². The highest BCUT2D eigenvalue weighted by Gasteiger charge is 2.28. The molecule has 0 radical (unpaired) electrons. The van der Waals surface area contributed by atoms with Gasteiger partial charge >= 0.3 is 5.97 Å². The van der Waals surface area contributed by atoms with Crippen LogP contribution in [-0.4, -0.2) is 15.5 Å². The molecule has 20 heavy (non-hydrogen) atoms. The van der Waals surface area contributed by atoms with Gasteiger partial charge in [-0.05, 0) is 30.5 Å². The molecule has 0 bridgehead atoms. The van der Waals surface area contributed by atoms with Crippen molar-refractivity contribution in [1.82, 2.24) is 9.55 Å². The second kappa shape index (κ2) is 5.27. The number of benzene rings is 1. The summed E-state index contributed by atoms with van der Waals surface area (Å²) in [4.78, 5) is 15.8. The number of carbonyl (C=O) groups excluding carboxylic acids is 1. The van der Waals surface area contributed by atoms with E-state index in [2.05, 4.69) is 34.7 Å². The lowest BCUT2D eigenvalue weighted by molar-refractivity contribution is -0.146. The number of nitrogens with zero attached hydrogens (tertiary/aromatic N) is 2. The van der Waals surface area contributed by atoms with Crippen molar-refractivity contribution >= 4 is 17.0 Å². The Morgan fingerprint density at radius 2 is 2.35 bits per heavy atom. The summed E-state index contributed by atoms with van der Waals surface area (Å²) in [6.45, 7) is 4.54. The first-order chi connectivity index (χ1) is 9.69. The van der Waals surface area contributed by atoms with Gasteiger partial charge in [-0.2, -0.15) is 0 Å². The maximum absolute atomic E-state index is 11.1. The number of hydrogen-bond donors (Lipinski definition) is 0. The van der Waals surface area contributed by atoms with Gasteiger partial charge in [0.15, 0.2) is 11.9 Å². The largest absolute Gasteiger partial charge is 0.454 e. The van der Waals surface area contributed by atoms with Crippen LogP contribution in [0, 0.1) is 0 Å². The maximum atomic E-state index is 11.1. The van der Waals surface area contributed by atoms with Crippen molar-refractivity contribution in [3.8, 4) is 0 Å². The van der Waals surface area contributed by atoms with Gasteiger partial charge in [-0.15, -0.1) is 0 Å². The molecule has 0 N–H and O–H groups in total. The molecule has 2 heterocycles. The lowest BCUT2D eigenvalue weighted by atomic mass is 10.1. The summed E-state index contributed by atoms with van der Waals surface area (Å²) in [7, 11) is 0. The molecule has 1 aliphatic heterocycles. The Labute approximate surface area is 118 Å². The van der Waals surface area contributed by atoms with Gasteiger partial charge in [-0.1, -0.05) is 19.4 Å². The van der Waals surface area contributed by atoms with E-state index in [4.69, 9.17) is 4.74 Å². The Balaban J connectivity index is 1.95. The standard InChI is InChI=1S/C16H20N2O2/c1-3-4-5-12-6-7-13-14(10-12)18-9-8-15(16(18)17-13)20-11(2)19/h6-7,10,15H,3-5,8-9H2,1-2H3. The Kier molecular flexibility index (Phi) is 3.47. The molecule has 0 aliphatic carbocycles. The topological polar surface area (TPSA) is 44.1 Å². The van der Waals surface area contributed by atoms with Crippen LogP contribution in [-0.2, 0) is 22.5 Å². The number of ether oxygens (including phenoxy) is 1.